The van der Waals surface area contributed by atoms with E-state index >= 15 is 0 Å². The second-order valence-corrected chi connectivity index (χ2v) is 1.50. The molecule has 0 saturated carbocycles. The molecule has 0 N–H and O–H groups in total. The fourth-order valence-corrected chi connectivity index (χ4v) is 0.428. The summed E-state index contributed by atoms with van der Waals surface area (Å²) in [6.45, 7) is 0. The molecule has 0 bridgehead atoms. The second-order valence-electron chi connectivity index (χ2n) is 1.10. The van der Waals surface area contributed by atoms with Crippen molar-refractivity contribution in [2.75, 3.05) is 0 Å². The molecule has 0 aliphatic rings. The Kier molecular flexibility index (Phi) is 16.4. The molecule has 0 unspecified atom stereocenters. The molecular weight excluding hydrogens is 287 g/mol. The van der Waals surface area contributed by atoms with Crippen molar-refractivity contribution < 1.29 is 20.4 Å². The van der Waals surface area contributed by atoms with E-state index in [2.05, 4.69) is 11.2 Å². The molecule has 0 amide bonds. The first-order chi connectivity index (χ1) is 3.39. The number of hydrogen-bond acceptors (Lipinski definition) is 1. The molecule has 0 radical (unpaired) electrons. The normalized spacial score (nSPS) is 6.10. The van der Waals surface area contributed by atoms with E-state index in [9.17, 15) is 0 Å². The summed E-state index contributed by atoms with van der Waals surface area (Å²) >= 11 is 5.42. The first kappa shape index (κ1) is 17.0. The molecule has 1 aromatic heterocycles. The van der Waals surface area contributed by atoms with E-state index in [0.29, 0.717) is 5.02 Å². The van der Waals surface area contributed by atoms with Gasteiger partial charge in [0.15, 0.2) is 0 Å². The van der Waals surface area contributed by atoms with Gasteiger partial charge in [-0.1, -0.05) is 17.4 Å². The van der Waals surface area contributed by atoms with E-state index < -0.39 is 0 Å². The maximum absolute atomic E-state index is 5.42. The summed E-state index contributed by atoms with van der Waals surface area (Å²) < 4.78 is 0. The summed E-state index contributed by atoms with van der Waals surface area (Å²) in [5.41, 5.74) is 0. The van der Waals surface area contributed by atoms with Crippen LogP contribution in [0, 0.1) is 6.20 Å². The molecular formula is C5H5Cl3NPd-. The van der Waals surface area contributed by atoms with Gasteiger partial charge in [-0.2, -0.15) is 6.07 Å². The summed E-state index contributed by atoms with van der Waals surface area (Å²) in [5, 5.41) is 0.558. The van der Waals surface area contributed by atoms with Crippen LogP contribution in [0.25, 0.3) is 0 Å². The van der Waals surface area contributed by atoms with Gasteiger partial charge < -0.3 is 4.98 Å². The van der Waals surface area contributed by atoms with E-state index in [4.69, 9.17) is 11.6 Å². The number of hydrogen-bond donors (Lipinski definition) is 0. The van der Waals surface area contributed by atoms with E-state index in [-0.39, 0.29) is 45.2 Å². The zero-order valence-electron chi connectivity index (χ0n) is 4.69. The molecule has 1 rings (SSSR count). The van der Waals surface area contributed by atoms with Gasteiger partial charge in [-0.25, -0.2) is 0 Å². The van der Waals surface area contributed by atoms with Gasteiger partial charge in [-0.15, -0.1) is 42.5 Å². The van der Waals surface area contributed by atoms with Crippen LogP contribution in [0.4, 0.5) is 0 Å². The van der Waals surface area contributed by atoms with E-state index in [1.807, 2.05) is 0 Å². The average molecular weight is 292 g/mol. The summed E-state index contributed by atoms with van der Waals surface area (Å²) in [6.07, 6.45) is 4.18. The van der Waals surface area contributed by atoms with Crippen LogP contribution in [0.2, 0.25) is 5.02 Å². The molecule has 1 aromatic rings. The van der Waals surface area contributed by atoms with E-state index in [1.165, 1.54) is 0 Å². The molecule has 62 valence electrons. The summed E-state index contributed by atoms with van der Waals surface area (Å²) in [6, 6.07) is 3.49. The Morgan fingerprint density at radius 1 is 1.40 bits per heavy atom. The Labute approximate surface area is 91.0 Å². The van der Waals surface area contributed by atoms with Gasteiger partial charge in [0.1, 0.15) is 0 Å². The number of nitrogens with zero attached hydrogens (tertiary/aromatic N) is 1. The maximum Gasteiger partial charge on any atom is 0 e. The van der Waals surface area contributed by atoms with Gasteiger partial charge in [0, 0.05) is 20.4 Å². The van der Waals surface area contributed by atoms with E-state index in [0.717, 1.165) is 0 Å². The monoisotopic (exact) mass is 290 g/mol. The fraction of sp³-hybridized carbons (Fsp3) is 0. The predicted molar refractivity (Wildman–Crippen MR) is 42.6 cm³/mol. The number of aromatic nitrogens is 1. The van der Waals surface area contributed by atoms with Crippen molar-refractivity contribution in [3.63, 3.8) is 0 Å². The third kappa shape index (κ3) is 6.80. The zero-order valence-corrected chi connectivity index (χ0v) is 8.63. The molecule has 10 heavy (non-hydrogen) atoms. The van der Waals surface area contributed by atoms with Crippen LogP contribution in [0.15, 0.2) is 18.3 Å². The molecule has 0 atom stereocenters. The van der Waals surface area contributed by atoms with E-state index in [1.54, 1.807) is 18.3 Å². The molecule has 1 heterocycles. The van der Waals surface area contributed by atoms with Crippen LogP contribution >= 0.6 is 36.4 Å². The molecule has 0 aliphatic carbocycles. The van der Waals surface area contributed by atoms with Crippen molar-refractivity contribution in [2.24, 2.45) is 0 Å². The van der Waals surface area contributed by atoms with Crippen LogP contribution in [-0.4, -0.2) is 4.98 Å². The Bertz CT molecular complexity index is 147. The van der Waals surface area contributed by atoms with Crippen LogP contribution < -0.4 is 0 Å². The third-order valence-electron chi connectivity index (χ3n) is 0.575. The van der Waals surface area contributed by atoms with Gasteiger partial charge in [-0.3, -0.25) is 0 Å². The minimum atomic E-state index is 0. The SMILES string of the molecule is Cl.Cl.Clc1[c-]nccc1.[Pd]. The van der Waals surface area contributed by atoms with Crippen LogP contribution in [0.3, 0.4) is 0 Å². The van der Waals surface area contributed by atoms with Crippen molar-refractivity contribution >= 4 is 36.4 Å². The first-order valence-corrected chi connectivity index (χ1v) is 2.25. The summed E-state index contributed by atoms with van der Waals surface area (Å²) in [7, 11) is 0. The average Bonchev–Trinajstić information content (AvgIpc) is 1.69. The fourth-order valence-electron chi connectivity index (χ4n) is 0.307. The minimum absolute atomic E-state index is 0. The molecule has 0 aromatic carbocycles. The van der Waals surface area contributed by atoms with Crippen molar-refractivity contribution in [2.45, 2.75) is 0 Å². The van der Waals surface area contributed by atoms with Crippen LogP contribution in [-0.2, 0) is 20.4 Å². The van der Waals surface area contributed by atoms with Crippen molar-refractivity contribution in [3.05, 3.63) is 29.5 Å². The van der Waals surface area contributed by atoms with Gasteiger partial charge >= 0.3 is 0 Å². The topological polar surface area (TPSA) is 12.9 Å². The van der Waals surface area contributed by atoms with Crippen LogP contribution in [0.5, 0.6) is 0 Å². The Hall–Kier alpha value is 0.682. The molecule has 1 nitrogen and oxygen atoms in total. The Balaban J connectivity index is -0.000000163. The number of rotatable bonds is 0. The van der Waals surface area contributed by atoms with Crippen molar-refractivity contribution in [1.82, 2.24) is 4.98 Å². The van der Waals surface area contributed by atoms with Gasteiger partial charge in [0.05, 0.1) is 0 Å². The molecule has 0 saturated heterocycles. The molecule has 0 aliphatic heterocycles. The quantitative estimate of drug-likeness (QED) is 0.528. The standard InChI is InChI=1S/C5H3ClN.2ClH.Pd/c6-5-2-1-3-7-4-5;;;/h1-3H;2*1H;/q-1;;;. The Morgan fingerprint density at radius 2 is 2.00 bits per heavy atom. The predicted octanol–water partition coefficient (Wildman–Crippen LogP) is 2.38. The molecule has 0 spiro atoms. The molecule has 5 heteroatoms. The maximum atomic E-state index is 5.42. The van der Waals surface area contributed by atoms with Crippen molar-refractivity contribution in [1.29, 1.82) is 0 Å². The van der Waals surface area contributed by atoms with Gasteiger partial charge in [0.25, 0.3) is 0 Å². The van der Waals surface area contributed by atoms with Gasteiger partial charge in [0.2, 0.25) is 0 Å². The summed E-state index contributed by atoms with van der Waals surface area (Å²) in [5.74, 6) is 0. The van der Waals surface area contributed by atoms with Crippen LogP contribution in [0.1, 0.15) is 0 Å². The second kappa shape index (κ2) is 9.68. The zero-order chi connectivity index (χ0) is 5.11. The number of halogens is 3. The molecule has 0 fully saturated rings. The minimum Gasteiger partial charge on any atom is -0.393 e. The summed E-state index contributed by atoms with van der Waals surface area (Å²) in [4.78, 5) is 3.63. The first-order valence-electron chi connectivity index (χ1n) is 1.88. The van der Waals surface area contributed by atoms with Crippen molar-refractivity contribution in [3.8, 4) is 0 Å². The Morgan fingerprint density at radius 3 is 2.20 bits per heavy atom. The smallest absolute Gasteiger partial charge is 0 e. The van der Waals surface area contributed by atoms with Gasteiger partial charge in [-0.05, 0) is 0 Å². The number of pyridine rings is 1. The largest absolute Gasteiger partial charge is 0.393 e. The third-order valence-corrected chi connectivity index (χ3v) is 0.785.